The number of piperidine rings is 1. The lowest BCUT2D eigenvalue weighted by atomic mass is 10.0. The van der Waals surface area contributed by atoms with Crippen molar-refractivity contribution in [1.29, 1.82) is 0 Å². The molecule has 1 aliphatic rings. The Labute approximate surface area is 123 Å². The van der Waals surface area contributed by atoms with Gasteiger partial charge in [0.15, 0.2) is 0 Å². The summed E-state index contributed by atoms with van der Waals surface area (Å²) in [5.74, 6) is -0.455. The molecule has 1 unspecified atom stereocenters. The van der Waals surface area contributed by atoms with Crippen molar-refractivity contribution in [3.63, 3.8) is 0 Å². The molecule has 3 rings (SSSR count). The maximum atomic E-state index is 11.9. The van der Waals surface area contributed by atoms with Crippen LogP contribution in [0.15, 0.2) is 54.6 Å². The molecule has 0 spiro atoms. The number of amides is 2. The van der Waals surface area contributed by atoms with Crippen LogP contribution < -0.4 is 10.6 Å². The normalized spacial score (nSPS) is 18.2. The smallest absolute Gasteiger partial charge is 0.249 e. The summed E-state index contributed by atoms with van der Waals surface area (Å²) in [5.41, 5.74) is 3.04. The fraction of sp³-hybridized carbons (Fsp3) is 0.176. The van der Waals surface area contributed by atoms with Crippen molar-refractivity contribution in [2.24, 2.45) is 0 Å². The lowest BCUT2D eigenvalue weighted by Crippen LogP contribution is -2.47. The van der Waals surface area contributed by atoms with Gasteiger partial charge in [-0.15, -0.1) is 0 Å². The topological polar surface area (TPSA) is 58.2 Å². The van der Waals surface area contributed by atoms with Crippen molar-refractivity contribution in [1.82, 2.24) is 5.32 Å². The van der Waals surface area contributed by atoms with Crippen molar-refractivity contribution >= 4 is 17.5 Å². The van der Waals surface area contributed by atoms with E-state index in [0.717, 1.165) is 16.8 Å². The van der Waals surface area contributed by atoms with Crippen molar-refractivity contribution < 1.29 is 9.59 Å². The highest BCUT2D eigenvalue weighted by atomic mass is 16.2. The second-order valence-electron chi connectivity index (χ2n) is 5.06. The molecule has 0 bridgehead atoms. The van der Waals surface area contributed by atoms with Gasteiger partial charge in [-0.2, -0.15) is 0 Å². The Hall–Kier alpha value is -2.62. The molecule has 2 aromatic carbocycles. The first-order valence-electron chi connectivity index (χ1n) is 6.99. The summed E-state index contributed by atoms with van der Waals surface area (Å²) >= 11 is 0. The molecule has 106 valence electrons. The molecule has 1 heterocycles. The van der Waals surface area contributed by atoms with Crippen molar-refractivity contribution in [2.75, 3.05) is 5.32 Å². The Bertz CT molecular complexity index is 668. The van der Waals surface area contributed by atoms with Gasteiger partial charge in [-0.25, -0.2) is 0 Å². The minimum atomic E-state index is -0.368. The molecule has 1 aliphatic heterocycles. The first kappa shape index (κ1) is 13.4. The standard InChI is InChI=1S/C17H16N2O2/c20-16-11-10-15(17(21)19-16)18-14-9-5-4-8-13(14)12-6-2-1-3-7-12/h1-9,15,18H,10-11H2,(H,19,20,21). The Morgan fingerprint density at radius 3 is 2.43 bits per heavy atom. The summed E-state index contributed by atoms with van der Waals surface area (Å²) in [5, 5.41) is 5.62. The summed E-state index contributed by atoms with van der Waals surface area (Å²) in [6.45, 7) is 0. The third kappa shape index (κ3) is 2.94. The first-order chi connectivity index (χ1) is 10.2. The van der Waals surface area contributed by atoms with Gasteiger partial charge in [0.05, 0.1) is 0 Å². The maximum absolute atomic E-state index is 11.9. The van der Waals surface area contributed by atoms with E-state index < -0.39 is 0 Å². The molecule has 1 saturated heterocycles. The number of nitrogens with one attached hydrogen (secondary N) is 2. The van der Waals surface area contributed by atoms with Gasteiger partial charge in [-0.1, -0.05) is 48.5 Å². The molecule has 4 nitrogen and oxygen atoms in total. The van der Waals surface area contributed by atoms with E-state index in [-0.39, 0.29) is 17.9 Å². The number of anilines is 1. The van der Waals surface area contributed by atoms with E-state index in [2.05, 4.69) is 10.6 Å². The number of hydrogen-bond donors (Lipinski definition) is 2. The number of carbonyl (C=O) groups is 2. The molecule has 4 heteroatoms. The fourth-order valence-electron chi connectivity index (χ4n) is 2.50. The number of hydrogen-bond acceptors (Lipinski definition) is 3. The average Bonchev–Trinajstić information content (AvgIpc) is 2.51. The van der Waals surface area contributed by atoms with Crippen LogP contribution in [0.1, 0.15) is 12.8 Å². The number of imide groups is 1. The summed E-state index contributed by atoms with van der Waals surface area (Å²) < 4.78 is 0. The Balaban J connectivity index is 1.86. The van der Waals surface area contributed by atoms with Crippen molar-refractivity contribution in [2.45, 2.75) is 18.9 Å². The molecule has 2 amide bonds. The maximum Gasteiger partial charge on any atom is 0.249 e. The lowest BCUT2D eigenvalue weighted by Gasteiger charge is -2.24. The zero-order valence-corrected chi connectivity index (χ0v) is 11.5. The zero-order valence-electron chi connectivity index (χ0n) is 11.5. The van der Waals surface area contributed by atoms with E-state index in [9.17, 15) is 9.59 Å². The summed E-state index contributed by atoms with van der Waals surface area (Å²) in [6.07, 6.45) is 0.894. The van der Waals surface area contributed by atoms with Crippen LogP contribution in [0, 0.1) is 0 Å². The highest BCUT2D eigenvalue weighted by Crippen LogP contribution is 2.28. The molecule has 0 radical (unpaired) electrons. The summed E-state index contributed by atoms with van der Waals surface area (Å²) in [6, 6.07) is 17.5. The Kier molecular flexibility index (Phi) is 3.69. The highest BCUT2D eigenvalue weighted by molar-refractivity contribution is 6.01. The van der Waals surface area contributed by atoms with Gasteiger partial charge in [0.2, 0.25) is 11.8 Å². The first-order valence-corrected chi connectivity index (χ1v) is 6.99. The van der Waals surface area contributed by atoms with Crippen LogP contribution in [0.2, 0.25) is 0 Å². The monoisotopic (exact) mass is 280 g/mol. The van der Waals surface area contributed by atoms with Gasteiger partial charge >= 0.3 is 0 Å². The minimum absolute atomic E-state index is 0.200. The average molecular weight is 280 g/mol. The van der Waals surface area contributed by atoms with Gasteiger partial charge in [0.25, 0.3) is 0 Å². The van der Waals surface area contributed by atoms with Crippen LogP contribution in [0.4, 0.5) is 5.69 Å². The third-order valence-electron chi connectivity index (χ3n) is 3.58. The number of rotatable bonds is 3. The molecular formula is C17H16N2O2. The molecular weight excluding hydrogens is 264 g/mol. The predicted octanol–water partition coefficient (Wildman–Crippen LogP) is 2.57. The fourth-order valence-corrected chi connectivity index (χ4v) is 2.50. The molecule has 0 saturated carbocycles. The molecule has 0 aromatic heterocycles. The predicted molar refractivity (Wildman–Crippen MR) is 81.7 cm³/mol. The van der Waals surface area contributed by atoms with Crippen LogP contribution in [0.5, 0.6) is 0 Å². The second-order valence-corrected chi connectivity index (χ2v) is 5.06. The second kappa shape index (κ2) is 5.79. The molecule has 1 atom stereocenters. The quantitative estimate of drug-likeness (QED) is 0.850. The Morgan fingerprint density at radius 2 is 1.67 bits per heavy atom. The van der Waals surface area contributed by atoms with Gasteiger partial charge in [-0.05, 0) is 18.1 Å². The van der Waals surface area contributed by atoms with E-state index in [1.807, 2.05) is 54.6 Å². The molecule has 2 aromatic rings. The van der Waals surface area contributed by atoms with Crippen LogP contribution in [-0.2, 0) is 9.59 Å². The zero-order chi connectivity index (χ0) is 14.7. The van der Waals surface area contributed by atoms with Crippen LogP contribution in [0.3, 0.4) is 0 Å². The molecule has 1 fully saturated rings. The van der Waals surface area contributed by atoms with E-state index in [0.29, 0.717) is 12.8 Å². The SMILES string of the molecule is O=C1CCC(Nc2ccccc2-c2ccccc2)C(=O)N1. The van der Waals surface area contributed by atoms with E-state index in [1.165, 1.54) is 0 Å². The van der Waals surface area contributed by atoms with Crippen LogP contribution in [0.25, 0.3) is 11.1 Å². The minimum Gasteiger partial charge on any atom is -0.373 e. The van der Waals surface area contributed by atoms with Gasteiger partial charge in [-0.3, -0.25) is 14.9 Å². The van der Waals surface area contributed by atoms with Crippen molar-refractivity contribution in [3.8, 4) is 11.1 Å². The summed E-state index contributed by atoms with van der Waals surface area (Å²) in [7, 11) is 0. The van der Waals surface area contributed by atoms with Crippen LogP contribution in [-0.4, -0.2) is 17.9 Å². The van der Waals surface area contributed by atoms with E-state index >= 15 is 0 Å². The Morgan fingerprint density at radius 1 is 0.952 bits per heavy atom. The van der Waals surface area contributed by atoms with Gasteiger partial charge < -0.3 is 5.32 Å². The van der Waals surface area contributed by atoms with E-state index in [4.69, 9.17) is 0 Å². The molecule has 21 heavy (non-hydrogen) atoms. The van der Waals surface area contributed by atoms with Gasteiger partial charge in [0, 0.05) is 17.7 Å². The lowest BCUT2D eigenvalue weighted by molar-refractivity contribution is -0.133. The number of carbonyl (C=O) groups excluding carboxylic acids is 2. The molecule has 2 N–H and O–H groups in total. The molecule has 0 aliphatic carbocycles. The van der Waals surface area contributed by atoms with Gasteiger partial charge in [0.1, 0.15) is 6.04 Å². The van der Waals surface area contributed by atoms with Crippen molar-refractivity contribution in [3.05, 3.63) is 54.6 Å². The number of benzene rings is 2. The largest absolute Gasteiger partial charge is 0.373 e. The number of para-hydroxylation sites is 1. The third-order valence-corrected chi connectivity index (χ3v) is 3.58. The summed E-state index contributed by atoms with van der Waals surface area (Å²) in [4.78, 5) is 23.1. The van der Waals surface area contributed by atoms with Crippen LogP contribution >= 0.6 is 0 Å². The van der Waals surface area contributed by atoms with E-state index in [1.54, 1.807) is 0 Å². The highest BCUT2D eigenvalue weighted by Gasteiger charge is 2.26.